The monoisotopic (exact) mass is 388 g/mol. The van der Waals surface area contributed by atoms with E-state index in [1.165, 1.54) is 0 Å². The number of rotatable bonds is 5. The van der Waals surface area contributed by atoms with Crippen molar-refractivity contribution in [2.45, 2.75) is 39.0 Å². The minimum Gasteiger partial charge on any atom is -0.494 e. The smallest absolute Gasteiger partial charge is 0.189 e. The third-order valence-corrected chi connectivity index (χ3v) is 5.85. The summed E-state index contributed by atoms with van der Waals surface area (Å²) in [6, 6.07) is 11.9. The van der Waals surface area contributed by atoms with Crippen molar-refractivity contribution in [3.63, 3.8) is 0 Å². The topological polar surface area (TPSA) is 114 Å². The molecule has 2 aliphatic carbocycles. The number of hydrogen-bond acceptors (Lipinski definition) is 6. The molecule has 0 aromatic heterocycles. The molecule has 3 rings (SSSR count). The molecule has 1 aromatic rings. The molecule has 1 fully saturated rings. The summed E-state index contributed by atoms with van der Waals surface area (Å²) in [5.74, 6) is -0.377. The molecule has 3 atom stereocenters. The van der Waals surface area contributed by atoms with Gasteiger partial charge in [-0.15, -0.1) is 0 Å². The Morgan fingerprint density at radius 3 is 2.48 bits per heavy atom. The maximum Gasteiger partial charge on any atom is 0.189 e. The zero-order valence-electron chi connectivity index (χ0n) is 16.7. The molecule has 6 heteroatoms. The van der Waals surface area contributed by atoms with E-state index in [0.29, 0.717) is 30.3 Å². The van der Waals surface area contributed by atoms with Crippen LogP contribution in [0.25, 0.3) is 0 Å². The van der Waals surface area contributed by atoms with E-state index in [1.54, 1.807) is 6.07 Å². The van der Waals surface area contributed by atoms with Crippen LogP contribution in [0.1, 0.15) is 44.6 Å². The molecule has 0 heterocycles. The second-order valence-corrected chi connectivity index (χ2v) is 7.29. The number of ether oxygens (including phenoxy) is 2. The highest BCUT2D eigenvalue weighted by molar-refractivity contribution is 6.01. The molecule has 1 aromatic carbocycles. The fourth-order valence-corrected chi connectivity index (χ4v) is 4.67. The fourth-order valence-electron chi connectivity index (χ4n) is 4.67. The Morgan fingerprint density at radius 1 is 1.14 bits per heavy atom. The maximum atomic E-state index is 10.1. The van der Waals surface area contributed by atoms with Gasteiger partial charge < -0.3 is 14.9 Å². The van der Waals surface area contributed by atoms with E-state index in [0.717, 1.165) is 24.8 Å². The summed E-state index contributed by atoms with van der Waals surface area (Å²) >= 11 is 0. The van der Waals surface area contributed by atoms with E-state index in [1.807, 2.05) is 32.1 Å². The number of nitrogens with one attached hydrogen (secondary N) is 1. The summed E-state index contributed by atoms with van der Waals surface area (Å²) in [6.07, 6.45) is 4.54. The van der Waals surface area contributed by atoms with E-state index in [-0.39, 0.29) is 11.6 Å². The van der Waals surface area contributed by atoms with Crippen LogP contribution in [0.3, 0.4) is 0 Å². The molecule has 0 saturated heterocycles. The second kappa shape index (κ2) is 8.38. The molecule has 148 valence electrons. The molecule has 0 aliphatic heterocycles. The third-order valence-electron chi connectivity index (χ3n) is 5.85. The molecule has 1 saturated carbocycles. The van der Waals surface area contributed by atoms with Gasteiger partial charge in [-0.1, -0.05) is 6.08 Å². The van der Waals surface area contributed by atoms with Gasteiger partial charge in [0.2, 0.25) is 0 Å². The first-order chi connectivity index (χ1) is 14.1. The Balaban J connectivity index is 2.29. The van der Waals surface area contributed by atoms with E-state index >= 15 is 0 Å². The van der Waals surface area contributed by atoms with Gasteiger partial charge in [0, 0.05) is 11.5 Å². The third kappa shape index (κ3) is 3.24. The summed E-state index contributed by atoms with van der Waals surface area (Å²) in [6.45, 7) is 4.69. The maximum absolute atomic E-state index is 10.1. The van der Waals surface area contributed by atoms with Crippen LogP contribution in [0.15, 0.2) is 29.8 Å². The van der Waals surface area contributed by atoms with Crippen molar-refractivity contribution < 1.29 is 9.47 Å². The zero-order chi connectivity index (χ0) is 21.0. The van der Waals surface area contributed by atoms with Crippen molar-refractivity contribution in [2.75, 3.05) is 13.2 Å². The van der Waals surface area contributed by atoms with Gasteiger partial charge in [-0.05, 0) is 62.8 Å². The van der Waals surface area contributed by atoms with E-state index in [2.05, 4.69) is 18.2 Å². The number of fused-ring (bicyclic) bond motifs is 1. The minimum atomic E-state index is -1.73. The van der Waals surface area contributed by atoms with Crippen LogP contribution in [0.2, 0.25) is 0 Å². The molecular weight excluding hydrogens is 364 g/mol. The SMILES string of the molecule is CCOc1ccc(OCC)c([C@@H]2[C@@H]3CCCC=C3[C@@H](C#N)C(=N)C2(C#N)C#N)c1. The van der Waals surface area contributed by atoms with Crippen LogP contribution in [-0.4, -0.2) is 18.9 Å². The predicted molar refractivity (Wildman–Crippen MR) is 107 cm³/mol. The molecule has 29 heavy (non-hydrogen) atoms. The second-order valence-electron chi connectivity index (χ2n) is 7.29. The molecule has 0 unspecified atom stereocenters. The van der Waals surface area contributed by atoms with Crippen molar-refractivity contribution in [1.82, 2.24) is 0 Å². The lowest BCUT2D eigenvalue weighted by atomic mass is 9.53. The van der Waals surface area contributed by atoms with Crippen LogP contribution in [0, 0.1) is 56.7 Å². The number of nitrogens with zero attached hydrogens (tertiary/aromatic N) is 3. The Bertz CT molecular complexity index is 947. The van der Waals surface area contributed by atoms with Gasteiger partial charge in [-0.25, -0.2) is 0 Å². The predicted octanol–water partition coefficient (Wildman–Crippen LogP) is 4.50. The lowest BCUT2D eigenvalue weighted by Gasteiger charge is -2.46. The van der Waals surface area contributed by atoms with Gasteiger partial charge in [0.1, 0.15) is 17.4 Å². The first-order valence-electron chi connectivity index (χ1n) is 9.98. The summed E-state index contributed by atoms with van der Waals surface area (Å²) in [5.41, 5.74) is -0.307. The van der Waals surface area contributed by atoms with Crippen molar-refractivity contribution >= 4 is 5.71 Å². The quantitative estimate of drug-likeness (QED) is 0.746. The first-order valence-corrected chi connectivity index (χ1v) is 9.98. The summed E-state index contributed by atoms with van der Waals surface area (Å²) in [5, 5.41) is 38.7. The minimum absolute atomic E-state index is 0.135. The number of nitriles is 3. The normalized spacial score (nSPS) is 24.9. The summed E-state index contributed by atoms with van der Waals surface area (Å²) in [7, 11) is 0. The highest BCUT2D eigenvalue weighted by Crippen LogP contribution is 2.57. The lowest BCUT2D eigenvalue weighted by Crippen LogP contribution is -2.48. The summed E-state index contributed by atoms with van der Waals surface area (Å²) < 4.78 is 11.5. The van der Waals surface area contributed by atoms with Gasteiger partial charge in [-0.3, -0.25) is 0 Å². The lowest BCUT2D eigenvalue weighted by molar-refractivity contribution is 0.290. The standard InChI is InChI=1S/C23H24N4O2/c1-3-28-15-9-10-20(29-4-2)18(11-15)21-17-8-6-5-7-16(17)19(12-24)22(27)23(21,13-25)14-26/h7,9-11,17,19,21,27H,3-6,8H2,1-2H3/t17-,19-,21+/m1/s1. The first kappa shape index (κ1) is 20.4. The van der Waals surface area contributed by atoms with Crippen LogP contribution in [-0.2, 0) is 0 Å². The molecule has 2 aliphatic rings. The van der Waals surface area contributed by atoms with Gasteiger partial charge in [0.05, 0.1) is 37.1 Å². The van der Waals surface area contributed by atoms with Crippen molar-refractivity contribution in [1.29, 1.82) is 21.2 Å². The molecule has 0 amide bonds. The average Bonchev–Trinajstić information content (AvgIpc) is 2.74. The number of allylic oxidation sites excluding steroid dienone is 2. The Kier molecular flexibility index (Phi) is 5.90. The Morgan fingerprint density at radius 2 is 1.86 bits per heavy atom. The fraction of sp³-hybridized carbons (Fsp3) is 0.478. The molecule has 1 N–H and O–H groups in total. The van der Waals surface area contributed by atoms with Crippen LogP contribution in [0.5, 0.6) is 11.5 Å². The van der Waals surface area contributed by atoms with Gasteiger partial charge in [0.25, 0.3) is 0 Å². The molecule has 0 bridgehead atoms. The van der Waals surface area contributed by atoms with Gasteiger partial charge in [-0.2, -0.15) is 15.8 Å². The molecule has 6 nitrogen and oxygen atoms in total. The van der Waals surface area contributed by atoms with Crippen LogP contribution in [0.4, 0.5) is 0 Å². The highest BCUT2D eigenvalue weighted by atomic mass is 16.5. The molecule has 0 spiro atoms. The van der Waals surface area contributed by atoms with Crippen LogP contribution >= 0.6 is 0 Å². The van der Waals surface area contributed by atoms with Gasteiger partial charge in [0.15, 0.2) is 5.41 Å². The number of benzene rings is 1. The largest absolute Gasteiger partial charge is 0.494 e. The van der Waals surface area contributed by atoms with E-state index < -0.39 is 17.3 Å². The highest BCUT2D eigenvalue weighted by Gasteiger charge is 2.57. The Labute approximate surface area is 171 Å². The van der Waals surface area contributed by atoms with Gasteiger partial charge >= 0.3 is 0 Å². The zero-order valence-corrected chi connectivity index (χ0v) is 16.7. The van der Waals surface area contributed by atoms with Crippen molar-refractivity contribution in [2.24, 2.45) is 17.3 Å². The van der Waals surface area contributed by atoms with Crippen molar-refractivity contribution in [3.05, 3.63) is 35.4 Å². The van der Waals surface area contributed by atoms with E-state index in [4.69, 9.17) is 14.9 Å². The van der Waals surface area contributed by atoms with Crippen molar-refractivity contribution in [3.8, 4) is 29.7 Å². The molecule has 0 radical (unpaired) electrons. The van der Waals surface area contributed by atoms with Crippen LogP contribution < -0.4 is 9.47 Å². The summed E-state index contributed by atoms with van der Waals surface area (Å²) in [4.78, 5) is 0. The van der Waals surface area contributed by atoms with E-state index in [9.17, 15) is 15.8 Å². The Hall–Kier alpha value is -3.30. The number of hydrogen-bond donors (Lipinski definition) is 1. The molecular formula is C23H24N4O2. The average molecular weight is 388 g/mol.